The zero-order chi connectivity index (χ0) is 18.5. The molecule has 2 aliphatic rings. The summed E-state index contributed by atoms with van der Waals surface area (Å²) in [7, 11) is 0. The van der Waals surface area contributed by atoms with Gasteiger partial charge in [0, 0.05) is 30.3 Å². The van der Waals surface area contributed by atoms with Crippen molar-refractivity contribution >= 4 is 23.4 Å². The summed E-state index contributed by atoms with van der Waals surface area (Å²) in [5.41, 5.74) is 1.26. The quantitative estimate of drug-likeness (QED) is 0.788. The van der Waals surface area contributed by atoms with E-state index in [-0.39, 0.29) is 42.6 Å². The molecule has 1 unspecified atom stereocenters. The van der Waals surface area contributed by atoms with Crippen LogP contribution in [0, 0.1) is 18.3 Å². The van der Waals surface area contributed by atoms with Crippen molar-refractivity contribution in [3.8, 4) is 12.3 Å². The lowest BCUT2D eigenvalue weighted by Crippen LogP contribution is -2.39. The average Bonchev–Trinajstić information content (AvgIpc) is 3.29. The maximum absolute atomic E-state index is 12.3. The number of amides is 3. The van der Waals surface area contributed by atoms with Gasteiger partial charge < -0.3 is 15.5 Å². The second-order valence-electron chi connectivity index (χ2n) is 6.88. The van der Waals surface area contributed by atoms with E-state index in [2.05, 4.69) is 16.6 Å². The second kappa shape index (κ2) is 8.05. The van der Waals surface area contributed by atoms with Gasteiger partial charge in [-0.3, -0.25) is 14.4 Å². The van der Waals surface area contributed by atoms with Gasteiger partial charge in [0.05, 0.1) is 12.5 Å². The van der Waals surface area contributed by atoms with Crippen LogP contribution < -0.4 is 10.6 Å². The average molecular weight is 353 g/mol. The van der Waals surface area contributed by atoms with Crippen LogP contribution >= 0.6 is 0 Å². The van der Waals surface area contributed by atoms with Gasteiger partial charge in [0.25, 0.3) is 0 Å². The molecule has 136 valence electrons. The molecule has 1 atom stereocenters. The molecule has 2 fully saturated rings. The Hall–Kier alpha value is -2.81. The summed E-state index contributed by atoms with van der Waals surface area (Å²) in [6.07, 6.45) is 9.91. The molecule has 0 bridgehead atoms. The largest absolute Gasteiger partial charge is 0.347 e. The maximum Gasteiger partial charge on any atom is 0.243 e. The Balaban J connectivity index is 1.47. The lowest BCUT2D eigenvalue weighted by molar-refractivity contribution is -0.130. The van der Waals surface area contributed by atoms with Gasteiger partial charge in [-0.25, -0.2) is 0 Å². The van der Waals surface area contributed by atoms with Crippen molar-refractivity contribution in [2.24, 2.45) is 5.92 Å². The number of hydrogen-bond acceptors (Lipinski definition) is 3. The molecule has 1 aromatic rings. The van der Waals surface area contributed by atoms with Crippen molar-refractivity contribution < 1.29 is 14.4 Å². The molecule has 26 heavy (non-hydrogen) atoms. The van der Waals surface area contributed by atoms with Crippen molar-refractivity contribution in [3.63, 3.8) is 0 Å². The highest BCUT2D eigenvalue weighted by molar-refractivity contribution is 5.96. The summed E-state index contributed by atoms with van der Waals surface area (Å²) < 4.78 is 0. The number of carbonyl (C=O) groups is 3. The van der Waals surface area contributed by atoms with E-state index < -0.39 is 0 Å². The third kappa shape index (κ3) is 4.23. The van der Waals surface area contributed by atoms with Gasteiger partial charge >= 0.3 is 0 Å². The highest BCUT2D eigenvalue weighted by atomic mass is 16.2. The highest BCUT2D eigenvalue weighted by Crippen LogP contribution is 2.29. The predicted octanol–water partition coefficient (Wildman–Crippen LogP) is 1.51. The number of terminal acetylenes is 1. The number of rotatable bonds is 5. The predicted molar refractivity (Wildman–Crippen MR) is 98.1 cm³/mol. The first-order chi connectivity index (χ1) is 12.6. The van der Waals surface area contributed by atoms with E-state index in [0.717, 1.165) is 25.7 Å². The van der Waals surface area contributed by atoms with E-state index in [4.69, 9.17) is 6.42 Å². The summed E-state index contributed by atoms with van der Waals surface area (Å²) in [5.74, 6) is 1.60. The topological polar surface area (TPSA) is 78.5 Å². The molecule has 1 aliphatic carbocycles. The summed E-state index contributed by atoms with van der Waals surface area (Å²) in [6.45, 7) is 0.328. The molecule has 1 saturated carbocycles. The van der Waals surface area contributed by atoms with Crippen molar-refractivity contribution in [2.45, 2.75) is 38.1 Å². The van der Waals surface area contributed by atoms with Crippen LogP contribution in [0.4, 0.5) is 5.69 Å². The Morgan fingerprint density at radius 2 is 2.04 bits per heavy atom. The number of nitrogens with one attached hydrogen (secondary N) is 2. The highest BCUT2D eigenvalue weighted by Gasteiger charge is 2.38. The van der Waals surface area contributed by atoms with Gasteiger partial charge in [-0.15, -0.1) is 6.42 Å². The zero-order valence-corrected chi connectivity index (χ0v) is 14.7. The smallest absolute Gasteiger partial charge is 0.243 e. The first kappa shape index (κ1) is 18.0. The van der Waals surface area contributed by atoms with Crippen molar-refractivity contribution in [2.75, 3.05) is 18.4 Å². The molecule has 2 N–H and O–H groups in total. The number of likely N-dealkylation sites (tertiary alicyclic amines) is 1. The Morgan fingerprint density at radius 1 is 1.27 bits per heavy atom. The standard InChI is InChI=1S/C20H23N3O3/c1-2-14-6-5-7-16(10-14)22-18(24)12-21-20(26)15-11-19(25)23(13-15)17-8-3-4-9-17/h1,5-7,10,15,17H,3-4,8-9,11-13H2,(H,21,26)(H,22,24). The Morgan fingerprint density at radius 3 is 2.77 bits per heavy atom. The molecule has 0 spiro atoms. The van der Waals surface area contributed by atoms with Gasteiger partial charge in [0.2, 0.25) is 17.7 Å². The second-order valence-corrected chi connectivity index (χ2v) is 6.88. The molecule has 1 heterocycles. The van der Waals surface area contributed by atoms with Crippen LogP contribution in [0.1, 0.15) is 37.7 Å². The number of hydrogen-bond donors (Lipinski definition) is 2. The molecule has 3 amide bonds. The molecule has 0 aromatic heterocycles. The van der Waals surface area contributed by atoms with Gasteiger partial charge in [0.1, 0.15) is 0 Å². The van der Waals surface area contributed by atoms with Crippen LogP contribution in [0.25, 0.3) is 0 Å². The van der Waals surface area contributed by atoms with Crippen molar-refractivity contribution in [3.05, 3.63) is 29.8 Å². The number of anilines is 1. The van der Waals surface area contributed by atoms with Gasteiger partial charge in [-0.1, -0.05) is 24.8 Å². The fourth-order valence-electron chi connectivity index (χ4n) is 3.68. The van der Waals surface area contributed by atoms with Crippen LogP contribution in [0.15, 0.2) is 24.3 Å². The number of nitrogens with zero attached hydrogens (tertiary/aromatic N) is 1. The SMILES string of the molecule is C#Cc1cccc(NC(=O)CNC(=O)C2CC(=O)N(C3CCCC3)C2)c1. The van der Waals surface area contributed by atoms with E-state index in [1.54, 1.807) is 24.3 Å². The van der Waals surface area contributed by atoms with E-state index in [9.17, 15) is 14.4 Å². The van der Waals surface area contributed by atoms with Crippen LogP contribution in [0.2, 0.25) is 0 Å². The molecule has 6 heteroatoms. The lowest BCUT2D eigenvalue weighted by atomic mass is 10.1. The molecule has 3 rings (SSSR count). The molecule has 1 aliphatic heterocycles. The summed E-state index contributed by atoms with van der Waals surface area (Å²) in [6, 6.07) is 7.23. The van der Waals surface area contributed by atoms with Crippen LogP contribution in [-0.4, -0.2) is 41.8 Å². The normalized spacial score (nSPS) is 20.0. The minimum absolute atomic E-state index is 0.0487. The number of carbonyl (C=O) groups excluding carboxylic acids is 3. The molecule has 6 nitrogen and oxygen atoms in total. The van der Waals surface area contributed by atoms with E-state index in [1.165, 1.54) is 0 Å². The Bertz CT molecular complexity index is 747. The Labute approximate surface area is 153 Å². The molecule has 1 saturated heterocycles. The van der Waals surface area contributed by atoms with Gasteiger partial charge in [-0.05, 0) is 31.0 Å². The molecule has 1 aromatic carbocycles. The summed E-state index contributed by atoms with van der Waals surface area (Å²) in [4.78, 5) is 38.3. The third-order valence-electron chi connectivity index (χ3n) is 5.03. The van der Waals surface area contributed by atoms with Crippen LogP contribution in [0.3, 0.4) is 0 Å². The Kier molecular flexibility index (Phi) is 5.57. The number of benzene rings is 1. The first-order valence-electron chi connectivity index (χ1n) is 9.00. The van der Waals surface area contributed by atoms with Crippen LogP contribution in [0.5, 0.6) is 0 Å². The van der Waals surface area contributed by atoms with Crippen molar-refractivity contribution in [1.29, 1.82) is 0 Å². The molecule has 0 radical (unpaired) electrons. The molecular weight excluding hydrogens is 330 g/mol. The minimum Gasteiger partial charge on any atom is -0.347 e. The van der Waals surface area contributed by atoms with E-state index in [0.29, 0.717) is 17.8 Å². The van der Waals surface area contributed by atoms with Crippen molar-refractivity contribution in [1.82, 2.24) is 10.2 Å². The van der Waals surface area contributed by atoms with E-state index in [1.807, 2.05) is 4.90 Å². The lowest BCUT2D eigenvalue weighted by Gasteiger charge is -2.23. The van der Waals surface area contributed by atoms with Gasteiger partial charge in [-0.2, -0.15) is 0 Å². The fourth-order valence-corrected chi connectivity index (χ4v) is 3.68. The van der Waals surface area contributed by atoms with Gasteiger partial charge in [0.15, 0.2) is 0 Å². The minimum atomic E-state index is -0.374. The van der Waals surface area contributed by atoms with Crippen LogP contribution in [-0.2, 0) is 14.4 Å². The van der Waals surface area contributed by atoms with E-state index >= 15 is 0 Å². The monoisotopic (exact) mass is 353 g/mol. The molecular formula is C20H23N3O3. The first-order valence-corrected chi connectivity index (χ1v) is 9.00. The fraction of sp³-hybridized carbons (Fsp3) is 0.450. The summed E-state index contributed by atoms with van der Waals surface area (Å²) in [5, 5.41) is 5.33. The zero-order valence-electron chi connectivity index (χ0n) is 14.7. The maximum atomic E-state index is 12.3. The third-order valence-corrected chi connectivity index (χ3v) is 5.03. The summed E-state index contributed by atoms with van der Waals surface area (Å²) >= 11 is 0.